The highest BCUT2D eigenvalue weighted by molar-refractivity contribution is 6.30. The predicted molar refractivity (Wildman–Crippen MR) is 84.4 cm³/mol. The normalized spacial score (nSPS) is 17.6. The number of halogens is 1. The van der Waals surface area contributed by atoms with E-state index in [-0.39, 0.29) is 11.7 Å². The van der Waals surface area contributed by atoms with E-state index in [1.165, 1.54) is 0 Å². The Balaban J connectivity index is 1.63. The molecule has 0 radical (unpaired) electrons. The number of H-pyrrole nitrogens is 1. The molecular formula is C15H17ClN4O2. The van der Waals surface area contributed by atoms with Crippen LogP contribution in [0.5, 0.6) is 0 Å². The zero-order valence-electron chi connectivity index (χ0n) is 12.0. The van der Waals surface area contributed by atoms with E-state index in [2.05, 4.69) is 20.5 Å². The number of nitrogens with zero attached hydrogens (tertiary/aromatic N) is 2. The number of nitrogens with one attached hydrogen (secondary N) is 2. The number of hydrogen-bond acceptors (Lipinski definition) is 5. The zero-order valence-corrected chi connectivity index (χ0v) is 12.8. The molecule has 2 heterocycles. The van der Waals surface area contributed by atoms with Gasteiger partial charge in [0, 0.05) is 24.6 Å². The molecule has 1 aliphatic rings. The lowest BCUT2D eigenvalue weighted by Crippen LogP contribution is -2.24. The first kappa shape index (κ1) is 15.0. The second kappa shape index (κ2) is 6.89. The Morgan fingerprint density at radius 2 is 2.14 bits per heavy atom. The van der Waals surface area contributed by atoms with Crippen molar-refractivity contribution in [2.75, 3.05) is 18.5 Å². The second-order valence-electron chi connectivity index (χ2n) is 5.27. The molecule has 2 aromatic rings. The average Bonchev–Trinajstić information content (AvgIpc) is 3.03. The molecule has 0 amide bonds. The van der Waals surface area contributed by atoms with Crippen LogP contribution in [0.15, 0.2) is 29.1 Å². The van der Waals surface area contributed by atoms with Gasteiger partial charge in [0.15, 0.2) is 0 Å². The Morgan fingerprint density at radius 1 is 1.32 bits per heavy atom. The number of anilines is 1. The summed E-state index contributed by atoms with van der Waals surface area (Å²) in [6, 6.07) is 7.31. The molecule has 0 saturated carbocycles. The maximum atomic E-state index is 12.1. The molecule has 6 nitrogen and oxygen atoms in total. The molecule has 7 heteroatoms. The number of rotatable bonds is 5. The van der Waals surface area contributed by atoms with Crippen LogP contribution in [-0.4, -0.2) is 34.4 Å². The van der Waals surface area contributed by atoms with Crippen molar-refractivity contribution in [3.05, 3.63) is 50.9 Å². The summed E-state index contributed by atoms with van der Waals surface area (Å²) in [5, 5.41) is 11.7. The van der Waals surface area contributed by atoms with E-state index in [0.717, 1.165) is 25.0 Å². The first-order valence-electron chi connectivity index (χ1n) is 7.26. The molecule has 3 rings (SSSR count). The minimum atomic E-state index is -0.236. The fourth-order valence-corrected chi connectivity index (χ4v) is 2.49. The van der Waals surface area contributed by atoms with Crippen molar-refractivity contribution in [2.45, 2.75) is 25.4 Å². The van der Waals surface area contributed by atoms with Crippen LogP contribution >= 0.6 is 11.6 Å². The Kier molecular flexibility index (Phi) is 4.70. The molecular weight excluding hydrogens is 304 g/mol. The Labute approximate surface area is 132 Å². The van der Waals surface area contributed by atoms with Crippen molar-refractivity contribution in [1.29, 1.82) is 0 Å². The number of aromatic nitrogens is 3. The molecule has 22 heavy (non-hydrogen) atoms. The van der Waals surface area contributed by atoms with E-state index in [0.29, 0.717) is 29.6 Å². The van der Waals surface area contributed by atoms with E-state index in [1.807, 2.05) is 12.1 Å². The van der Waals surface area contributed by atoms with E-state index in [9.17, 15) is 4.79 Å². The van der Waals surface area contributed by atoms with Gasteiger partial charge in [-0.2, -0.15) is 0 Å². The molecule has 2 N–H and O–H groups in total. The number of hydrogen-bond donors (Lipinski definition) is 2. The molecule has 1 aromatic heterocycles. The van der Waals surface area contributed by atoms with E-state index in [4.69, 9.17) is 16.3 Å². The Hall–Kier alpha value is -1.92. The van der Waals surface area contributed by atoms with Crippen molar-refractivity contribution in [3.8, 4) is 0 Å². The van der Waals surface area contributed by atoms with Crippen LogP contribution in [0.25, 0.3) is 0 Å². The van der Waals surface area contributed by atoms with Gasteiger partial charge in [0.25, 0.3) is 5.56 Å². The molecule has 1 unspecified atom stereocenters. The molecule has 1 saturated heterocycles. The molecule has 0 aliphatic carbocycles. The fourth-order valence-electron chi connectivity index (χ4n) is 2.37. The van der Waals surface area contributed by atoms with Crippen LogP contribution in [0.1, 0.15) is 24.1 Å². The second-order valence-corrected chi connectivity index (χ2v) is 5.71. The summed E-state index contributed by atoms with van der Waals surface area (Å²) >= 11 is 5.84. The summed E-state index contributed by atoms with van der Waals surface area (Å²) in [7, 11) is 0. The SMILES string of the molecule is O=c1[nH]c(NCC2CCCO2)nnc1Cc1ccc(Cl)cc1. The minimum absolute atomic E-state index is 0.180. The Bertz CT molecular complexity index is 681. The van der Waals surface area contributed by atoms with Gasteiger partial charge in [0.2, 0.25) is 5.95 Å². The molecule has 116 valence electrons. The van der Waals surface area contributed by atoms with Crippen molar-refractivity contribution in [1.82, 2.24) is 15.2 Å². The van der Waals surface area contributed by atoms with Gasteiger partial charge < -0.3 is 10.1 Å². The zero-order chi connectivity index (χ0) is 15.4. The first-order valence-corrected chi connectivity index (χ1v) is 7.64. The maximum absolute atomic E-state index is 12.1. The first-order chi connectivity index (χ1) is 10.7. The third kappa shape index (κ3) is 3.84. The number of benzene rings is 1. The van der Waals surface area contributed by atoms with Gasteiger partial charge in [-0.15, -0.1) is 10.2 Å². The lowest BCUT2D eigenvalue weighted by Gasteiger charge is -2.10. The van der Waals surface area contributed by atoms with E-state index < -0.39 is 0 Å². The minimum Gasteiger partial charge on any atom is -0.376 e. The summed E-state index contributed by atoms with van der Waals surface area (Å²) in [6.07, 6.45) is 2.71. The van der Waals surface area contributed by atoms with Crippen LogP contribution < -0.4 is 10.9 Å². The average molecular weight is 321 g/mol. The molecule has 0 bridgehead atoms. The van der Waals surface area contributed by atoms with Gasteiger partial charge in [0.1, 0.15) is 5.69 Å². The largest absolute Gasteiger partial charge is 0.376 e. The fraction of sp³-hybridized carbons (Fsp3) is 0.400. The van der Waals surface area contributed by atoms with Gasteiger partial charge in [-0.3, -0.25) is 9.78 Å². The highest BCUT2D eigenvalue weighted by Crippen LogP contribution is 2.12. The number of ether oxygens (including phenoxy) is 1. The predicted octanol–water partition coefficient (Wildman–Crippen LogP) is 2.00. The topological polar surface area (TPSA) is 79.9 Å². The van der Waals surface area contributed by atoms with Crippen LogP contribution in [-0.2, 0) is 11.2 Å². The quantitative estimate of drug-likeness (QED) is 0.881. The third-order valence-electron chi connectivity index (χ3n) is 3.57. The molecule has 1 atom stereocenters. The van der Waals surface area contributed by atoms with Crippen molar-refractivity contribution < 1.29 is 4.74 Å². The van der Waals surface area contributed by atoms with Gasteiger partial charge >= 0.3 is 0 Å². The van der Waals surface area contributed by atoms with Crippen LogP contribution in [0.2, 0.25) is 5.02 Å². The maximum Gasteiger partial charge on any atom is 0.274 e. The third-order valence-corrected chi connectivity index (χ3v) is 3.82. The summed E-state index contributed by atoms with van der Waals surface area (Å²) < 4.78 is 5.50. The van der Waals surface area contributed by atoms with Crippen molar-refractivity contribution in [2.24, 2.45) is 0 Å². The number of aromatic amines is 1. The summed E-state index contributed by atoms with van der Waals surface area (Å²) in [5.41, 5.74) is 1.11. The van der Waals surface area contributed by atoms with Gasteiger partial charge in [-0.05, 0) is 30.5 Å². The summed E-state index contributed by atoms with van der Waals surface area (Å²) in [6.45, 7) is 1.43. The summed E-state index contributed by atoms with van der Waals surface area (Å²) in [4.78, 5) is 14.8. The van der Waals surface area contributed by atoms with Crippen LogP contribution in [0.4, 0.5) is 5.95 Å². The summed E-state index contributed by atoms with van der Waals surface area (Å²) in [5.74, 6) is 0.375. The van der Waals surface area contributed by atoms with Gasteiger partial charge in [-0.25, -0.2) is 0 Å². The lowest BCUT2D eigenvalue weighted by molar-refractivity contribution is 0.120. The Morgan fingerprint density at radius 3 is 2.82 bits per heavy atom. The van der Waals surface area contributed by atoms with E-state index >= 15 is 0 Å². The van der Waals surface area contributed by atoms with Crippen LogP contribution in [0, 0.1) is 0 Å². The molecule has 1 fully saturated rings. The lowest BCUT2D eigenvalue weighted by atomic mass is 10.1. The standard InChI is InChI=1S/C15H17ClN4O2/c16-11-5-3-10(4-6-11)8-13-14(21)18-15(20-19-13)17-9-12-2-1-7-22-12/h3-6,12H,1-2,7-9H2,(H2,17,18,20,21). The monoisotopic (exact) mass is 320 g/mol. The highest BCUT2D eigenvalue weighted by atomic mass is 35.5. The van der Waals surface area contributed by atoms with Crippen molar-refractivity contribution >= 4 is 17.5 Å². The van der Waals surface area contributed by atoms with Crippen molar-refractivity contribution in [3.63, 3.8) is 0 Å². The van der Waals surface area contributed by atoms with E-state index in [1.54, 1.807) is 12.1 Å². The van der Waals surface area contributed by atoms with Gasteiger partial charge in [0.05, 0.1) is 6.10 Å². The molecule has 0 spiro atoms. The molecule has 1 aliphatic heterocycles. The van der Waals surface area contributed by atoms with Gasteiger partial charge in [-0.1, -0.05) is 23.7 Å². The van der Waals surface area contributed by atoms with Crippen LogP contribution in [0.3, 0.4) is 0 Å². The molecule has 1 aromatic carbocycles. The smallest absolute Gasteiger partial charge is 0.274 e. The highest BCUT2D eigenvalue weighted by Gasteiger charge is 2.15.